The molecule has 1 heterocycles. The Balaban J connectivity index is 3.08. The van der Waals surface area contributed by atoms with E-state index in [1.165, 1.54) is 6.20 Å². The van der Waals surface area contributed by atoms with Crippen LogP contribution in [-0.2, 0) is 0 Å². The van der Waals surface area contributed by atoms with E-state index in [-0.39, 0.29) is 5.82 Å². The van der Waals surface area contributed by atoms with Gasteiger partial charge in [0.2, 0.25) is 0 Å². The Hall–Kier alpha value is -1.52. The summed E-state index contributed by atoms with van der Waals surface area (Å²) in [7, 11) is 0. The number of carbonyl (C=O) groups is 1. The highest BCUT2D eigenvalue weighted by Crippen LogP contribution is 1.97. The Morgan fingerprint density at radius 2 is 2.56 bits per heavy atom. The molecule has 0 aromatic carbocycles. The topological polar surface area (TPSA) is 81.1 Å². The van der Waals surface area contributed by atoms with E-state index in [9.17, 15) is 4.79 Å². The molecule has 0 bridgehead atoms. The van der Waals surface area contributed by atoms with Gasteiger partial charge in [0, 0.05) is 0 Å². The fourth-order valence-corrected chi connectivity index (χ4v) is 0.465. The van der Waals surface area contributed by atoms with Crippen LogP contribution in [0.4, 0.5) is 10.6 Å². The van der Waals surface area contributed by atoms with Crippen LogP contribution in [0.1, 0.15) is 0 Å². The van der Waals surface area contributed by atoms with Crippen molar-refractivity contribution < 1.29 is 9.90 Å². The van der Waals surface area contributed by atoms with Crippen LogP contribution in [0.5, 0.6) is 0 Å². The number of nitrogen functional groups attached to an aromatic ring is 1. The van der Waals surface area contributed by atoms with Crippen LogP contribution >= 0.6 is 0 Å². The summed E-state index contributed by atoms with van der Waals surface area (Å²) >= 11 is 0. The van der Waals surface area contributed by atoms with E-state index in [1.54, 1.807) is 0 Å². The number of hydrogen-bond acceptors (Lipinski definition) is 3. The highest BCUT2D eigenvalue weighted by atomic mass is 16.4. The van der Waals surface area contributed by atoms with Gasteiger partial charge in [-0.2, -0.15) is 0 Å². The van der Waals surface area contributed by atoms with E-state index in [0.717, 1.165) is 10.9 Å². The molecule has 0 unspecified atom stereocenters. The van der Waals surface area contributed by atoms with E-state index >= 15 is 0 Å². The van der Waals surface area contributed by atoms with E-state index in [2.05, 4.69) is 4.98 Å². The summed E-state index contributed by atoms with van der Waals surface area (Å²) in [5, 5.41) is 8.30. The lowest BCUT2D eigenvalue weighted by Crippen LogP contribution is -2.09. The first-order chi connectivity index (χ1) is 4.22. The summed E-state index contributed by atoms with van der Waals surface area (Å²) in [6.07, 6.45) is 1.29. The minimum atomic E-state index is -1.12. The Morgan fingerprint density at radius 1 is 1.89 bits per heavy atom. The zero-order valence-electron chi connectivity index (χ0n) is 4.48. The Bertz CT molecular complexity index is 229. The van der Waals surface area contributed by atoms with Gasteiger partial charge < -0.3 is 10.8 Å². The van der Waals surface area contributed by atoms with E-state index in [1.807, 2.05) is 0 Å². The molecule has 0 saturated carbocycles. The summed E-state index contributed by atoms with van der Waals surface area (Å²) < 4.78 is 0.833. The highest BCUT2D eigenvalue weighted by molar-refractivity contribution is 5.71. The van der Waals surface area contributed by atoms with Gasteiger partial charge in [0.25, 0.3) is 0 Å². The Kier molecular flexibility index (Phi) is 1.11. The zero-order valence-corrected chi connectivity index (χ0v) is 4.48. The fraction of sp³-hybridized carbons (Fsp3) is 0. The molecule has 0 aliphatic rings. The van der Waals surface area contributed by atoms with Gasteiger partial charge in [0.15, 0.2) is 0 Å². The van der Waals surface area contributed by atoms with Gasteiger partial charge in [-0.3, -0.25) is 0 Å². The lowest BCUT2D eigenvalue weighted by atomic mass is 10.7. The van der Waals surface area contributed by atoms with Gasteiger partial charge in [0.1, 0.15) is 12.1 Å². The minimum absolute atomic E-state index is 0.127. The summed E-state index contributed by atoms with van der Waals surface area (Å²) in [5.41, 5.74) is 5.16. The maximum atomic E-state index is 10.1. The number of carboxylic acid groups (broad SMARTS) is 1. The van der Waals surface area contributed by atoms with Crippen molar-refractivity contribution in [3.05, 3.63) is 12.5 Å². The number of rotatable bonds is 0. The van der Waals surface area contributed by atoms with Gasteiger partial charge in [-0.25, -0.2) is 14.3 Å². The lowest BCUT2D eigenvalue weighted by molar-refractivity contribution is 0.197. The first-order valence-corrected chi connectivity index (χ1v) is 2.23. The number of hydrogen-bond donors (Lipinski definition) is 2. The molecule has 0 fully saturated rings. The molecule has 3 N–H and O–H groups in total. The third kappa shape index (κ3) is 0.835. The quantitative estimate of drug-likeness (QED) is 0.513. The summed E-state index contributed by atoms with van der Waals surface area (Å²) in [4.78, 5) is 13.6. The molecule has 5 nitrogen and oxygen atoms in total. The molecule has 0 spiro atoms. The zero-order chi connectivity index (χ0) is 6.85. The van der Waals surface area contributed by atoms with Crippen molar-refractivity contribution in [2.24, 2.45) is 0 Å². The van der Waals surface area contributed by atoms with Gasteiger partial charge in [-0.1, -0.05) is 0 Å². The monoisotopic (exact) mass is 127 g/mol. The SMILES string of the molecule is Nc1cncn1C(=O)O. The van der Waals surface area contributed by atoms with Crippen LogP contribution in [0.3, 0.4) is 0 Å². The molecule has 48 valence electrons. The van der Waals surface area contributed by atoms with E-state index < -0.39 is 6.09 Å². The molecule has 1 aromatic heterocycles. The van der Waals surface area contributed by atoms with Crippen molar-refractivity contribution in [3.63, 3.8) is 0 Å². The highest BCUT2D eigenvalue weighted by Gasteiger charge is 2.02. The third-order valence-corrected chi connectivity index (χ3v) is 0.873. The summed E-state index contributed by atoms with van der Waals surface area (Å²) in [5.74, 6) is 0.127. The molecule has 0 saturated heterocycles. The summed E-state index contributed by atoms with van der Waals surface area (Å²) in [6.45, 7) is 0. The number of nitrogens with two attached hydrogens (primary N) is 1. The number of anilines is 1. The smallest absolute Gasteiger partial charge is 0.418 e. The van der Waals surface area contributed by atoms with Crippen molar-refractivity contribution in [1.82, 2.24) is 9.55 Å². The van der Waals surface area contributed by atoms with Crippen LogP contribution in [0.2, 0.25) is 0 Å². The maximum Gasteiger partial charge on any atom is 0.418 e. The first kappa shape index (κ1) is 5.61. The van der Waals surface area contributed by atoms with Crippen LogP contribution in [0.15, 0.2) is 12.5 Å². The number of imidazole rings is 1. The molecule has 1 aromatic rings. The maximum absolute atomic E-state index is 10.1. The second-order valence-electron chi connectivity index (χ2n) is 1.47. The predicted molar refractivity (Wildman–Crippen MR) is 30.1 cm³/mol. The van der Waals surface area contributed by atoms with Crippen LogP contribution in [0.25, 0.3) is 0 Å². The molecule has 0 aliphatic carbocycles. The molecule has 0 aliphatic heterocycles. The average Bonchev–Trinajstić information content (AvgIpc) is 2.13. The second-order valence-corrected chi connectivity index (χ2v) is 1.47. The largest absolute Gasteiger partial charge is 0.464 e. The van der Waals surface area contributed by atoms with Crippen molar-refractivity contribution in [1.29, 1.82) is 0 Å². The van der Waals surface area contributed by atoms with Crippen LogP contribution in [-0.4, -0.2) is 20.8 Å². The summed E-state index contributed by atoms with van der Waals surface area (Å²) in [6, 6.07) is 0. The molecular formula is C4H5N3O2. The third-order valence-electron chi connectivity index (χ3n) is 0.873. The Labute approximate surface area is 50.7 Å². The van der Waals surface area contributed by atoms with Gasteiger partial charge in [-0.05, 0) is 0 Å². The van der Waals surface area contributed by atoms with Crippen molar-refractivity contribution in [2.45, 2.75) is 0 Å². The molecule has 9 heavy (non-hydrogen) atoms. The predicted octanol–water partition coefficient (Wildman–Crippen LogP) is -0.00860. The standard InChI is InChI=1S/C4H5N3O2/c5-3-1-6-2-7(3)4(8)9/h1-2H,5H2,(H,8,9). The number of aromatic nitrogens is 2. The molecule has 5 heteroatoms. The molecule has 0 amide bonds. The fourth-order valence-electron chi connectivity index (χ4n) is 0.465. The normalized spacial score (nSPS) is 9.33. The minimum Gasteiger partial charge on any atom is -0.464 e. The van der Waals surface area contributed by atoms with Crippen LogP contribution < -0.4 is 5.73 Å². The first-order valence-electron chi connectivity index (χ1n) is 2.23. The van der Waals surface area contributed by atoms with Crippen molar-refractivity contribution in [3.8, 4) is 0 Å². The van der Waals surface area contributed by atoms with Gasteiger partial charge >= 0.3 is 6.09 Å². The average molecular weight is 127 g/mol. The van der Waals surface area contributed by atoms with Crippen molar-refractivity contribution >= 4 is 11.9 Å². The van der Waals surface area contributed by atoms with Gasteiger partial charge in [0.05, 0.1) is 6.20 Å². The lowest BCUT2D eigenvalue weighted by Gasteiger charge is -1.92. The van der Waals surface area contributed by atoms with E-state index in [0.29, 0.717) is 0 Å². The molecular weight excluding hydrogens is 122 g/mol. The molecule has 0 atom stereocenters. The Morgan fingerprint density at radius 3 is 2.78 bits per heavy atom. The van der Waals surface area contributed by atoms with Gasteiger partial charge in [-0.15, -0.1) is 0 Å². The number of nitrogens with zero attached hydrogens (tertiary/aromatic N) is 2. The molecule has 1 rings (SSSR count). The second kappa shape index (κ2) is 1.77. The van der Waals surface area contributed by atoms with Crippen molar-refractivity contribution in [2.75, 3.05) is 5.73 Å². The molecule has 0 radical (unpaired) electrons. The van der Waals surface area contributed by atoms with Crippen LogP contribution in [0, 0.1) is 0 Å². The van der Waals surface area contributed by atoms with E-state index in [4.69, 9.17) is 10.8 Å².